The first-order valence-electron chi connectivity index (χ1n) is 4.73. The van der Waals surface area contributed by atoms with Crippen LogP contribution in [0.3, 0.4) is 0 Å². The molecule has 0 amide bonds. The fourth-order valence-electron chi connectivity index (χ4n) is 1.33. The van der Waals surface area contributed by atoms with Gasteiger partial charge in [0.15, 0.2) is 5.82 Å². The summed E-state index contributed by atoms with van der Waals surface area (Å²) in [7, 11) is 0. The van der Waals surface area contributed by atoms with Crippen LogP contribution in [0.15, 0.2) is 35.2 Å². The van der Waals surface area contributed by atoms with Gasteiger partial charge in [0.2, 0.25) is 6.39 Å². The first-order chi connectivity index (χ1) is 8.07. The van der Waals surface area contributed by atoms with Gasteiger partial charge in [0, 0.05) is 5.69 Å². The Balaban J connectivity index is 2.16. The van der Waals surface area contributed by atoms with Gasteiger partial charge in [-0.2, -0.15) is 18.2 Å². The molecule has 7 heteroatoms. The van der Waals surface area contributed by atoms with E-state index < -0.39 is 11.7 Å². The largest absolute Gasteiger partial charge is 0.418 e. The monoisotopic (exact) mass is 243 g/mol. The Morgan fingerprint density at radius 2 is 2.00 bits per heavy atom. The number of anilines is 1. The lowest BCUT2D eigenvalue weighted by Gasteiger charge is -2.13. The second-order valence-corrected chi connectivity index (χ2v) is 3.24. The van der Waals surface area contributed by atoms with Crippen LogP contribution in [0.5, 0.6) is 0 Å². The van der Waals surface area contributed by atoms with E-state index in [0.717, 1.165) is 12.5 Å². The van der Waals surface area contributed by atoms with Gasteiger partial charge < -0.3 is 9.84 Å². The van der Waals surface area contributed by atoms with Gasteiger partial charge in [-0.3, -0.25) is 0 Å². The average Bonchev–Trinajstić information content (AvgIpc) is 2.78. The lowest BCUT2D eigenvalue weighted by atomic mass is 10.1. The van der Waals surface area contributed by atoms with Crippen molar-refractivity contribution in [2.45, 2.75) is 12.7 Å². The van der Waals surface area contributed by atoms with Crippen LogP contribution in [0.4, 0.5) is 18.9 Å². The van der Waals surface area contributed by atoms with Crippen molar-refractivity contribution in [3.63, 3.8) is 0 Å². The van der Waals surface area contributed by atoms with Gasteiger partial charge >= 0.3 is 6.18 Å². The Kier molecular flexibility index (Phi) is 2.99. The fraction of sp³-hybridized carbons (Fsp3) is 0.200. The van der Waals surface area contributed by atoms with E-state index in [0.29, 0.717) is 5.82 Å². The minimum Gasteiger partial charge on any atom is -0.377 e. The number of alkyl halides is 3. The first-order valence-corrected chi connectivity index (χ1v) is 4.73. The second kappa shape index (κ2) is 4.44. The number of para-hydroxylation sites is 1. The van der Waals surface area contributed by atoms with E-state index >= 15 is 0 Å². The van der Waals surface area contributed by atoms with Crippen LogP contribution in [0.2, 0.25) is 0 Å². The van der Waals surface area contributed by atoms with Crippen LogP contribution >= 0.6 is 0 Å². The number of rotatable bonds is 3. The summed E-state index contributed by atoms with van der Waals surface area (Å²) in [5, 5.41) is 6.11. The van der Waals surface area contributed by atoms with Crippen LogP contribution in [0, 0.1) is 0 Å². The van der Waals surface area contributed by atoms with Crippen molar-refractivity contribution >= 4 is 5.69 Å². The number of benzene rings is 1. The van der Waals surface area contributed by atoms with Crippen molar-refractivity contribution in [1.82, 2.24) is 10.1 Å². The molecule has 0 spiro atoms. The number of nitrogens with zero attached hydrogens (tertiary/aromatic N) is 2. The maximum atomic E-state index is 12.6. The van der Waals surface area contributed by atoms with E-state index in [-0.39, 0.29) is 12.2 Å². The van der Waals surface area contributed by atoms with Crippen LogP contribution in [-0.4, -0.2) is 10.1 Å². The number of nitrogens with one attached hydrogen (secondary N) is 1. The molecule has 0 radical (unpaired) electrons. The van der Waals surface area contributed by atoms with Gasteiger partial charge in [0.05, 0.1) is 12.1 Å². The zero-order chi connectivity index (χ0) is 12.3. The zero-order valence-corrected chi connectivity index (χ0v) is 8.53. The highest BCUT2D eigenvalue weighted by molar-refractivity contribution is 5.52. The molecule has 17 heavy (non-hydrogen) atoms. The number of halogens is 3. The van der Waals surface area contributed by atoms with Crippen molar-refractivity contribution in [3.05, 3.63) is 42.0 Å². The van der Waals surface area contributed by atoms with Crippen LogP contribution in [0.1, 0.15) is 11.4 Å². The molecular formula is C10H8F3N3O. The quantitative estimate of drug-likeness (QED) is 0.900. The van der Waals surface area contributed by atoms with Crippen LogP contribution in [0.25, 0.3) is 0 Å². The molecule has 2 aromatic rings. The molecule has 4 nitrogen and oxygen atoms in total. The predicted molar refractivity (Wildman–Crippen MR) is 53.1 cm³/mol. The molecule has 0 fully saturated rings. The topological polar surface area (TPSA) is 51.0 Å². The van der Waals surface area contributed by atoms with E-state index in [4.69, 9.17) is 0 Å². The van der Waals surface area contributed by atoms with E-state index in [2.05, 4.69) is 20.0 Å². The average molecular weight is 243 g/mol. The van der Waals surface area contributed by atoms with Crippen molar-refractivity contribution < 1.29 is 17.7 Å². The number of hydrogen-bond acceptors (Lipinski definition) is 4. The maximum absolute atomic E-state index is 12.6. The summed E-state index contributed by atoms with van der Waals surface area (Å²) >= 11 is 0. The zero-order valence-electron chi connectivity index (χ0n) is 8.53. The summed E-state index contributed by atoms with van der Waals surface area (Å²) in [4.78, 5) is 3.70. The molecule has 1 aromatic carbocycles. The number of aromatic nitrogens is 2. The Morgan fingerprint density at radius 3 is 2.65 bits per heavy atom. The predicted octanol–water partition coefficient (Wildman–Crippen LogP) is 2.70. The Morgan fingerprint density at radius 1 is 1.24 bits per heavy atom. The lowest BCUT2D eigenvalue weighted by molar-refractivity contribution is -0.136. The molecule has 0 aliphatic heterocycles. The molecule has 90 valence electrons. The van der Waals surface area contributed by atoms with Gasteiger partial charge in [-0.05, 0) is 12.1 Å². The molecule has 1 heterocycles. The molecule has 0 saturated carbocycles. The summed E-state index contributed by atoms with van der Waals surface area (Å²) < 4.78 is 42.4. The Bertz CT molecular complexity index is 482. The van der Waals surface area contributed by atoms with Crippen LogP contribution in [-0.2, 0) is 12.7 Å². The molecule has 1 N–H and O–H groups in total. The summed E-state index contributed by atoms with van der Waals surface area (Å²) in [5.41, 5.74) is -0.728. The normalized spacial score (nSPS) is 11.5. The van der Waals surface area contributed by atoms with Crippen molar-refractivity contribution in [2.24, 2.45) is 0 Å². The third kappa shape index (κ3) is 2.74. The summed E-state index contributed by atoms with van der Waals surface area (Å²) in [5.74, 6) is 0.293. The van der Waals surface area contributed by atoms with E-state index in [1.807, 2.05) is 0 Å². The highest BCUT2D eigenvalue weighted by atomic mass is 19.4. The van der Waals surface area contributed by atoms with Crippen LogP contribution < -0.4 is 5.32 Å². The molecule has 0 unspecified atom stereocenters. The van der Waals surface area contributed by atoms with Gasteiger partial charge in [0.25, 0.3) is 0 Å². The van der Waals surface area contributed by atoms with Gasteiger partial charge in [-0.15, -0.1) is 0 Å². The molecule has 0 bridgehead atoms. The first kappa shape index (κ1) is 11.4. The summed E-state index contributed by atoms with van der Waals surface area (Å²) in [6.45, 7) is 0.0730. The van der Waals surface area contributed by atoms with E-state index in [1.54, 1.807) is 0 Å². The summed E-state index contributed by atoms with van der Waals surface area (Å²) in [6.07, 6.45) is -3.27. The molecular weight excluding hydrogens is 235 g/mol. The highest BCUT2D eigenvalue weighted by Crippen LogP contribution is 2.34. The Labute approximate surface area is 94.4 Å². The van der Waals surface area contributed by atoms with Crippen molar-refractivity contribution in [3.8, 4) is 0 Å². The standard InChI is InChI=1S/C10H8F3N3O/c11-10(12,13)7-3-1-2-4-8(7)14-5-9-15-6-17-16-9/h1-4,6,14H,5H2. The minimum absolute atomic E-state index is 0.00944. The molecule has 0 saturated heterocycles. The summed E-state index contributed by atoms with van der Waals surface area (Å²) in [6, 6.07) is 5.22. The van der Waals surface area contributed by atoms with E-state index in [1.165, 1.54) is 18.2 Å². The molecule has 2 rings (SSSR count). The van der Waals surface area contributed by atoms with Crippen molar-refractivity contribution in [2.75, 3.05) is 5.32 Å². The highest BCUT2D eigenvalue weighted by Gasteiger charge is 2.33. The smallest absolute Gasteiger partial charge is 0.377 e. The second-order valence-electron chi connectivity index (χ2n) is 3.24. The maximum Gasteiger partial charge on any atom is 0.418 e. The fourth-order valence-corrected chi connectivity index (χ4v) is 1.33. The Hall–Kier alpha value is -2.05. The molecule has 1 aromatic heterocycles. The minimum atomic E-state index is -4.39. The van der Waals surface area contributed by atoms with E-state index in [9.17, 15) is 13.2 Å². The SMILES string of the molecule is FC(F)(F)c1ccccc1NCc1ncon1. The van der Waals surface area contributed by atoms with Gasteiger partial charge in [0.1, 0.15) is 0 Å². The molecule has 0 aliphatic carbocycles. The molecule has 0 atom stereocenters. The van der Waals surface area contributed by atoms with Crippen molar-refractivity contribution in [1.29, 1.82) is 0 Å². The third-order valence-corrected chi connectivity index (χ3v) is 2.08. The third-order valence-electron chi connectivity index (χ3n) is 2.08. The lowest BCUT2D eigenvalue weighted by Crippen LogP contribution is -2.11. The van der Waals surface area contributed by atoms with Gasteiger partial charge in [-0.25, -0.2) is 0 Å². The number of hydrogen-bond donors (Lipinski definition) is 1. The van der Waals surface area contributed by atoms with Gasteiger partial charge in [-0.1, -0.05) is 17.3 Å². The molecule has 0 aliphatic rings.